The lowest BCUT2D eigenvalue weighted by atomic mass is 9.90. The molecule has 1 fully saturated rings. The second kappa shape index (κ2) is 11.6. The number of carbonyl (C=O) groups is 1. The van der Waals surface area contributed by atoms with Crippen LogP contribution in [0.15, 0.2) is 55.1 Å². The number of hydrogen-bond acceptors (Lipinski definition) is 6. The molecule has 1 aliphatic rings. The third kappa shape index (κ3) is 6.08. The molecule has 9 nitrogen and oxygen atoms in total. The van der Waals surface area contributed by atoms with E-state index >= 15 is 0 Å². The van der Waals surface area contributed by atoms with Gasteiger partial charge in [-0.3, -0.25) is 10.00 Å². The summed E-state index contributed by atoms with van der Waals surface area (Å²) in [5.74, 6) is 0.848. The lowest BCUT2D eigenvalue weighted by Crippen LogP contribution is -2.30. The Hall–Kier alpha value is -4.01. The summed E-state index contributed by atoms with van der Waals surface area (Å²) in [5.41, 5.74) is 11.2. The molecule has 4 aromatic rings. The fourth-order valence-electron chi connectivity index (χ4n) is 4.83. The molecule has 1 atom stereocenters. The number of aryl methyl sites for hydroxylation is 1. The van der Waals surface area contributed by atoms with Crippen molar-refractivity contribution < 1.29 is 14.3 Å². The van der Waals surface area contributed by atoms with E-state index in [4.69, 9.17) is 15.2 Å². The van der Waals surface area contributed by atoms with Crippen LogP contribution in [0.25, 0.3) is 22.2 Å². The predicted octanol–water partition coefficient (Wildman–Crippen LogP) is 7.05. The molecule has 1 unspecified atom stereocenters. The van der Waals surface area contributed by atoms with Crippen LogP contribution >= 0.6 is 0 Å². The molecular weight excluding hydrogens is 504 g/mol. The number of nitrogens with two attached hydrogens (primary N) is 1. The van der Waals surface area contributed by atoms with Crippen LogP contribution in [0.1, 0.15) is 65.8 Å². The van der Waals surface area contributed by atoms with Gasteiger partial charge in [-0.05, 0) is 68.7 Å². The first-order valence-electron chi connectivity index (χ1n) is 14.2. The van der Waals surface area contributed by atoms with E-state index in [0.717, 1.165) is 65.8 Å². The first-order chi connectivity index (χ1) is 19.2. The van der Waals surface area contributed by atoms with E-state index < -0.39 is 6.09 Å². The Bertz CT molecular complexity index is 1430. The average Bonchev–Trinajstić information content (AvgIpc) is 3.49. The molecule has 0 bridgehead atoms. The maximum atomic E-state index is 12.4. The van der Waals surface area contributed by atoms with Crippen LogP contribution in [-0.4, -0.2) is 38.1 Å². The molecule has 212 valence electrons. The number of fused-ring (bicyclic) bond motifs is 1. The van der Waals surface area contributed by atoms with Gasteiger partial charge in [-0.15, -0.1) is 0 Å². The molecule has 5 rings (SSSR count). The highest BCUT2D eigenvalue weighted by molar-refractivity contribution is 6.01. The Morgan fingerprint density at radius 3 is 2.58 bits per heavy atom. The van der Waals surface area contributed by atoms with Crippen molar-refractivity contribution >= 4 is 28.4 Å². The van der Waals surface area contributed by atoms with Gasteiger partial charge >= 0.3 is 6.09 Å². The normalized spacial score (nSPS) is 14.6. The number of nitrogens with one attached hydrogen (secondary N) is 1. The molecule has 1 aliphatic carbocycles. The summed E-state index contributed by atoms with van der Waals surface area (Å²) in [4.78, 5) is 16.4. The van der Waals surface area contributed by atoms with Gasteiger partial charge < -0.3 is 19.8 Å². The number of nitrogen functional groups attached to an aromatic ring is 1. The number of anilines is 2. The van der Waals surface area contributed by atoms with Gasteiger partial charge in [0.25, 0.3) is 0 Å². The number of carbonyl (C=O) groups excluding carboxylic acids is 1. The largest absolute Gasteiger partial charge is 0.494 e. The molecule has 0 spiro atoms. The van der Waals surface area contributed by atoms with Crippen LogP contribution in [0.2, 0.25) is 0 Å². The van der Waals surface area contributed by atoms with Crippen molar-refractivity contribution in [3.63, 3.8) is 0 Å². The molecule has 1 saturated carbocycles. The van der Waals surface area contributed by atoms with Crippen molar-refractivity contribution in [3.05, 3.63) is 55.1 Å². The Morgan fingerprint density at radius 1 is 1.15 bits per heavy atom. The Kier molecular flexibility index (Phi) is 8.00. The third-order valence-corrected chi connectivity index (χ3v) is 7.88. The van der Waals surface area contributed by atoms with Crippen LogP contribution in [0.5, 0.6) is 5.75 Å². The number of rotatable bonds is 10. The zero-order valence-electron chi connectivity index (χ0n) is 23.9. The summed E-state index contributed by atoms with van der Waals surface area (Å²) in [6.45, 7) is 9.51. The summed E-state index contributed by atoms with van der Waals surface area (Å²) in [5, 5.41) is 8.02. The van der Waals surface area contributed by atoms with Gasteiger partial charge in [-0.25, -0.2) is 9.78 Å². The van der Waals surface area contributed by atoms with Gasteiger partial charge in [-0.1, -0.05) is 32.9 Å². The van der Waals surface area contributed by atoms with Gasteiger partial charge in [0.2, 0.25) is 0 Å². The van der Waals surface area contributed by atoms with Crippen LogP contribution in [0, 0.1) is 5.41 Å². The lowest BCUT2D eigenvalue weighted by Gasteiger charge is -2.30. The van der Waals surface area contributed by atoms with Crippen LogP contribution in [0.4, 0.5) is 16.2 Å². The first-order valence-corrected chi connectivity index (χ1v) is 14.2. The van der Waals surface area contributed by atoms with Gasteiger partial charge in [0.1, 0.15) is 24.5 Å². The highest BCUT2D eigenvalue weighted by Gasteiger charge is 2.27. The maximum Gasteiger partial charge on any atom is 0.411 e. The van der Waals surface area contributed by atoms with Crippen LogP contribution in [-0.2, 0) is 11.3 Å². The Morgan fingerprint density at radius 2 is 1.93 bits per heavy atom. The van der Waals surface area contributed by atoms with E-state index in [1.807, 2.05) is 62.7 Å². The van der Waals surface area contributed by atoms with E-state index in [2.05, 4.69) is 32.1 Å². The van der Waals surface area contributed by atoms with Crippen molar-refractivity contribution in [2.75, 3.05) is 17.7 Å². The molecule has 2 heterocycles. The maximum absolute atomic E-state index is 12.4. The zero-order valence-corrected chi connectivity index (χ0v) is 23.9. The second-order valence-electron chi connectivity index (χ2n) is 11.7. The monoisotopic (exact) mass is 544 g/mol. The molecule has 3 N–H and O–H groups in total. The molecular formula is C31H40N6O3. The topological polar surface area (TPSA) is 109 Å². The smallest absolute Gasteiger partial charge is 0.411 e. The van der Waals surface area contributed by atoms with Gasteiger partial charge in [-0.2, -0.15) is 5.10 Å². The summed E-state index contributed by atoms with van der Waals surface area (Å²) >= 11 is 0. The van der Waals surface area contributed by atoms with E-state index in [1.54, 1.807) is 12.7 Å². The molecule has 2 aromatic heterocycles. The number of nitrogens with zero attached hydrogens (tertiary/aromatic N) is 4. The number of amides is 1. The van der Waals surface area contributed by atoms with Crippen molar-refractivity contribution in [1.82, 2.24) is 19.3 Å². The number of benzene rings is 2. The van der Waals surface area contributed by atoms with Crippen LogP contribution in [0.3, 0.4) is 0 Å². The zero-order chi connectivity index (χ0) is 28.3. The summed E-state index contributed by atoms with van der Waals surface area (Å²) in [6, 6.07) is 14.4. The van der Waals surface area contributed by atoms with Gasteiger partial charge in [0, 0.05) is 35.3 Å². The molecule has 9 heteroatoms. The molecule has 0 aliphatic heterocycles. The van der Waals surface area contributed by atoms with Gasteiger partial charge in [0.15, 0.2) is 0 Å². The van der Waals surface area contributed by atoms with E-state index in [-0.39, 0.29) is 11.5 Å². The molecule has 40 heavy (non-hydrogen) atoms. The molecule has 0 radical (unpaired) electrons. The summed E-state index contributed by atoms with van der Waals surface area (Å²) < 4.78 is 15.9. The number of unbranched alkanes of at least 4 members (excludes halogenated alkanes) is 1. The number of ether oxygens (including phenoxy) is 2. The minimum atomic E-state index is -0.454. The minimum Gasteiger partial charge on any atom is -0.494 e. The number of aromatic nitrogens is 4. The summed E-state index contributed by atoms with van der Waals surface area (Å²) in [6.07, 6.45) is 7.99. The molecule has 0 saturated heterocycles. The van der Waals surface area contributed by atoms with E-state index in [0.29, 0.717) is 18.3 Å². The van der Waals surface area contributed by atoms with E-state index in [1.165, 1.54) is 6.42 Å². The standard InChI is InChI=1S/C31H40N6O3/c1-21(31(2,3)4)40-30(38)35-23-12-10-22(11-13-23)29-28(32)26-15-14-25(18-27(26)37(29)24-8-7-9-24)39-17-6-5-16-36-20-33-19-34-36/h10-15,18-21,24H,5-9,16-17,32H2,1-4H3,(H,35,38). The fraction of sp³-hybridized carbons (Fsp3) is 0.452. The van der Waals surface area contributed by atoms with Crippen molar-refractivity contribution in [2.45, 2.75) is 78.5 Å². The summed E-state index contributed by atoms with van der Waals surface area (Å²) in [7, 11) is 0. The quantitative estimate of drug-likeness (QED) is 0.207. The van der Waals surface area contributed by atoms with Crippen LogP contribution < -0.4 is 15.8 Å². The Labute approximate surface area is 235 Å². The highest BCUT2D eigenvalue weighted by Crippen LogP contribution is 2.45. The number of hydrogen-bond donors (Lipinski definition) is 2. The lowest BCUT2D eigenvalue weighted by molar-refractivity contribution is 0.0528. The predicted molar refractivity (Wildman–Crippen MR) is 158 cm³/mol. The SMILES string of the molecule is CC(OC(=O)Nc1ccc(-c2c(N)c3ccc(OCCCCn4cncn4)cc3n2C2CCC2)cc1)C(C)(C)C. The van der Waals surface area contributed by atoms with Gasteiger partial charge in [0.05, 0.1) is 23.5 Å². The fourth-order valence-corrected chi connectivity index (χ4v) is 4.83. The Balaban J connectivity index is 1.32. The van der Waals surface area contributed by atoms with Crippen molar-refractivity contribution in [2.24, 2.45) is 5.41 Å². The van der Waals surface area contributed by atoms with Crippen molar-refractivity contribution in [3.8, 4) is 17.0 Å². The third-order valence-electron chi connectivity index (χ3n) is 7.88. The minimum absolute atomic E-state index is 0.128. The van der Waals surface area contributed by atoms with E-state index in [9.17, 15) is 4.79 Å². The first kappa shape index (κ1) is 27.6. The molecule has 1 amide bonds. The molecule has 2 aromatic carbocycles. The second-order valence-corrected chi connectivity index (χ2v) is 11.7. The average molecular weight is 545 g/mol. The highest BCUT2D eigenvalue weighted by atomic mass is 16.6. The van der Waals surface area contributed by atoms with Crippen molar-refractivity contribution in [1.29, 1.82) is 0 Å².